The van der Waals surface area contributed by atoms with Gasteiger partial charge in [0.2, 0.25) is 11.8 Å². The Morgan fingerprint density at radius 2 is 1.68 bits per heavy atom. The molecular formula is C41H43N9O3. The van der Waals surface area contributed by atoms with Gasteiger partial charge < -0.3 is 30.1 Å². The van der Waals surface area contributed by atoms with Crippen molar-refractivity contribution in [3.8, 4) is 17.0 Å². The molecule has 2 fully saturated rings. The number of pyridine rings is 1. The molecule has 4 N–H and O–H groups in total. The molecule has 3 aromatic heterocycles. The van der Waals surface area contributed by atoms with E-state index in [-0.39, 0.29) is 17.6 Å². The Morgan fingerprint density at radius 3 is 2.47 bits per heavy atom. The maximum absolute atomic E-state index is 12.9. The number of nitrogens with two attached hydrogens (primary N) is 1. The average Bonchev–Trinajstić information content (AvgIpc) is 3.51. The number of anilines is 3. The number of amides is 2. The normalized spacial score (nSPS) is 16.5. The SMILES string of the molecule is CN(CCCc1ccnc2c1c1ccccc1n2C1CCC(=O)NC1=O)Cc1ccc(N2CCN(c3cc(-c4ccccc4O)nnc3N)CC2)cc1. The van der Waals surface area contributed by atoms with Gasteiger partial charge in [0.25, 0.3) is 0 Å². The fraction of sp³-hybridized carbons (Fsp3) is 0.293. The summed E-state index contributed by atoms with van der Waals surface area (Å²) in [5.74, 6) is 0.0670. The maximum atomic E-state index is 12.9. The summed E-state index contributed by atoms with van der Waals surface area (Å²) in [7, 11) is 2.16. The average molecular weight is 710 g/mol. The number of nitrogens with one attached hydrogen (secondary N) is 1. The Labute approximate surface area is 307 Å². The van der Waals surface area contributed by atoms with Crippen molar-refractivity contribution in [2.45, 2.75) is 38.3 Å². The van der Waals surface area contributed by atoms with Gasteiger partial charge >= 0.3 is 0 Å². The fourth-order valence-corrected chi connectivity index (χ4v) is 7.84. The van der Waals surface area contributed by atoms with Gasteiger partial charge in [0.15, 0.2) is 5.82 Å². The Kier molecular flexibility index (Phi) is 9.36. The van der Waals surface area contributed by atoms with Crippen LogP contribution in [0.5, 0.6) is 5.75 Å². The van der Waals surface area contributed by atoms with Crippen molar-refractivity contribution in [3.05, 3.63) is 102 Å². The van der Waals surface area contributed by atoms with E-state index in [2.05, 4.69) is 73.7 Å². The van der Waals surface area contributed by atoms with Gasteiger partial charge in [0.05, 0.1) is 16.9 Å². The molecular weight excluding hydrogens is 667 g/mol. The summed E-state index contributed by atoms with van der Waals surface area (Å²) >= 11 is 0. The van der Waals surface area contributed by atoms with Crippen LogP contribution in [-0.2, 0) is 22.6 Å². The zero-order chi connectivity index (χ0) is 36.5. The summed E-state index contributed by atoms with van der Waals surface area (Å²) in [4.78, 5) is 36.5. The van der Waals surface area contributed by atoms with Crippen LogP contribution in [-0.4, -0.2) is 81.3 Å². The first-order chi connectivity index (χ1) is 25.8. The number of piperidine rings is 1. The molecule has 12 nitrogen and oxygen atoms in total. The summed E-state index contributed by atoms with van der Waals surface area (Å²) in [6.07, 6.45) is 4.48. The molecule has 1 atom stereocenters. The summed E-state index contributed by atoms with van der Waals surface area (Å²) in [6.45, 7) is 5.06. The monoisotopic (exact) mass is 709 g/mol. The van der Waals surface area contributed by atoms with Gasteiger partial charge in [-0.25, -0.2) is 4.98 Å². The number of piperazine rings is 1. The molecule has 2 aliphatic rings. The molecule has 12 heteroatoms. The quantitative estimate of drug-likeness (QED) is 0.160. The molecule has 2 amide bonds. The van der Waals surface area contributed by atoms with E-state index in [1.807, 2.05) is 47.2 Å². The highest BCUT2D eigenvalue weighted by Gasteiger charge is 2.31. The molecule has 270 valence electrons. The molecule has 0 bridgehead atoms. The minimum absolute atomic E-state index is 0.165. The molecule has 2 aliphatic heterocycles. The number of imide groups is 1. The predicted molar refractivity (Wildman–Crippen MR) is 208 cm³/mol. The maximum Gasteiger partial charge on any atom is 0.249 e. The summed E-state index contributed by atoms with van der Waals surface area (Å²) < 4.78 is 2.02. The van der Waals surface area contributed by atoms with E-state index in [0.717, 1.165) is 79.7 Å². The number of nitrogens with zero attached hydrogens (tertiary/aromatic N) is 7. The van der Waals surface area contributed by atoms with Gasteiger partial charge in [0.1, 0.15) is 17.4 Å². The number of phenolic OH excluding ortho intramolecular Hbond substituents is 1. The first kappa shape index (κ1) is 34.1. The molecule has 53 heavy (non-hydrogen) atoms. The van der Waals surface area contributed by atoms with Crippen LogP contribution in [0.3, 0.4) is 0 Å². The Balaban J connectivity index is 0.873. The molecule has 1 unspecified atom stereocenters. The van der Waals surface area contributed by atoms with E-state index >= 15 is 0 Å². The van der Waals surface area contributed by atoms with E-state index in [4.69, 9.17) is 10.7 Å². The molecule has 6 aromatic rings. The number of phenols is 1. The number of para-hydroxylation sites is 2. The second kappa shape index (κ2) is 14.5. The van der Waals surface area contributed by atoms with E-state index < -0.39 is 6.04 Å². The number of rotatable bonds is 10. The second-order valence-corrected chi connectivity index (χ2v) is 14.0. The second-order valence-electron chi connectivity index (χ2n) is 14.0. The van der Waals surface area contributed by atoms with Crippen molar-refractivity contribution in [2.24, 2.45) is 0 Å². The van der Waals surface area contributed by atoms with Crippen molar-refractivity contribution in [1.82, 2.24) is 30.0 Å². The first-order valence-corrected chi connectivity index (χ1v) is 18.2. The molecule has 0 aliphatic carbocycles. The van der Waals surface area contributed by atoms with E-state index in [1.165, 1.54) is 16.8 Å². The van der Waals surface area contributed by atoms with Crippen LogP contribution in [0.2, 0.25) is 0 Å². The highest BCUT2D eigenvalue weighted by molar-refractivity contribution is 6.10. The van der Waals surface area contributed by atoms with Gasteiger partial charge in [-0.1, -0.05) is 42.5 Å². The summed E-state index contributed by atoms with van der Waals surface area (Å²) in [5.41, 5.74) is 13.8. The number of fused-ring (bicyclic) bond motifs is 3. The smallest absolute Gasteiger partial charge is 0.249 e. The molecule has 2 saturated heterocycles. The number of aryl methyl sites for hydroxylation is 1. The summed E-state index contributed by atoms with van der Waals surface area (Å²) in [5, 5.41) is 23.4. The molecule has 0 saturated carbocycles. The highest BCUT2D eigenvalue weighted by atomic mass is 16.3. The van der Waals surface area contributed by atoms with E-state index in [0.29, 0.717) is 29.9 Å². The number of nitrogen functional groups attached to an aromatic ring is 1. The lowest BCUT2D eigenvalue weighted by atomic mass is 10.0. The van der Waals surface area contributed by atoms with E-state index in [9.17, 15) is 14.7 Å². The number of carbonyl (C=O) groups is 2. The molecule has 3 aromatic carbocycles. The zero-order valence-electron chi connectivity index (χ0n) is 29.8. The van der Waals surface area contributed by atoms with Crippen LogP contribution in [0.25, 0.3) is 33.2 Å². The fourth-order valence-electron chi connectivity index (χ4n) is 7.84. The zero-order valence-corrected chi connectivity index (χ0v) is 29.8. The van der Waals surface area contributed by atoms with Gasteiger partial charge in [0, 0.05) is 67.4 Å². The van der Waals surface area contributed by atoms with E-state index in [1.54, 1.807) is 12.1 Å². The summed E-state index contributed by atoms with van der Waals surface area (Å²) in [6, 6.07) is 27.7. The minimum atomic E-state index is -0.463. The van der Waals surface area contributed by atoms with Crippen LogP contribution < -0.4 is 20.9 Å². The number of carbonyl (C=O) groups excluding carboxylic acids is 2. The number of aromatic hydroxyl groups is 1. The lowest BCUT2D eigenvalue weighted by Gasteiger charge is -2.37. The van der Waals surface area contributed by atoms with Crippen LogP contribution in [0.15, 0.2) is 91.1 Å². The number of benzene rings is 3. The molecule has 5 heterocycles. The van der Waals surface area contributed by atoms with Crippen molar-refractivity contribution >= 4 is 50.9 Å². The van der Waals surface area contributed by atoms with Gasteiger partial charge in [-0.15, -0.1) is 10.2 Å². The predicted octanol–water partition coefficient (Wildman–Crippen LogP) is 5.30. The van der Waals surface area contributed by atoms with Crippen LogP contribution in [0.1, 0.15) is 36.4 Å². The first-order valence-electron chi connectivity index (χ1n) is 18.2. The topological polar surface area (TPSA) is 146 Å². The van der Waals surface area contributed by atoms with Gasteiger partial charge in [-0.2, -0.15) is 0 Å². The third-order valence-electron chi connectivity index (χ3n) is 10.5. The Morgan fingerprint density at radius 1 is 0.925 bits per heavy atom. The lowest BCUT2D eigenvalue weighted by molar-refractivity contribution is -0.135. The van der Waals surface area contributed by atoms with Crippen molar-refractivity contribution in [3.63, 3.8) is 0 Å². The minimum Gasteiger partial charge on any atom is -0.507 e. The lowest BCUT2D eigenvalue weighted by Crippen LogP contribution is -2.46. The number of hydrogen-bond acceptors (Lipinski definition) is 10. The van der Waals surface area contributed by atoms with Crippen LogP contribution in [0.4, 0.5) is 17.2 Å². The molecule has 0 radical (unpaired) electrons. The molecule has 0 spiro atoms. The van der Waals surface area contributed by atoms with Crippen LogP contribution >= 0.6 is 0 Å². The third-order valence-corrected chi connectivity index (χ3v) is 10.5. The Bertz CT molecular complexity index is 2300. The van der Waals surface area contributed by atoms with Crippen molar-refractivity contribution in [2.75, 3.05) is 55.3 Å². The van der Waals surface area contributed by atoms with Crippen LogP contribution in [0, 0.1) is 0 Å². The highest BCUT2D eigenvalue weighted by Crippen LogP contribution is 2.36. The van der Waals surface area contributed by atoms with Crippen molar-refractivity contribution < 1.29 is 14.7 Å². The number of aromatic nitrogens is 4. The number of hydrogen-bond donors (Lipinski definition) is 3. The Hall–Kier alpha value is -6.01. The molecule has 8 rings (SSSR count). The van der Waals surface area contributed by atoms with Gasteiger partial charge in [-0.05, 0) is 86.4 Å². The van der Waals surface area contributed by atoms with Crippen molar-refractivity contribution in [1.29, 1.82) is 0 Å². The van der Waals surface area contributed by atoms with Gasteiger partial charge in [-0.3, -0.25) is 14.9 Å². The third kappa shape index (κ3) is 6.85. The largest absolute Gasteiger partial charge is 0.507 e. The standard InChI is InChI=1S/C41H43N9O3/c1-47(20-6-7-28-18-19-43-40-38(28)31-9-2-4-10-33(31)50(40)34-16-17-37(52)44-41(34)53)26-27-12-14-29(15-13-27)48-21-23-49(24-22-48)35-25-32(45-46-39(35)42)30-8-3-5-11-36(30)51/h2-5,8-15,18-19,25,34,51H,6-7,16-17,20-24,26H2,1H3,(H2,42,46)(H,44,52,53).